The van der Waals surface area contributed by atoms with Crippen molar-refractivity contribution in [2.45, 2.75) is 65.4 Å². The molecule has 0 heterocycles. The number of fused-ring (bicyclic) bond motifs is 1. The summed E-state index contributed by atoms with van der Waals surface area (Å²) in [6, 6.07) is 0. The van der Waals surface area contributed by atoms with E-state index in [9.17, 15) is 5.11 Å². The van der Waals surface area contributed by atoms with Gasteiger partial charge in [-0.25, -0.2) is 0 Å². The summed E-state index contributed by atoms with van der Waals surface area (Å²) < 4.78 is 0. The molecule has 0 bridgehead atoms. The van der Waals surface area contributed by atoms with Crippen LogP contribution in [0.5, 0.6) is 0 Å². The first-order chi connectivity index (χ1) is 7.33. The summed E-state index contributed by atoms with van der Waals surface area (Å²) in [4.78, 5) is 0. The van der Waals surface area contributed by atoms with Gasteiger partial charge in [0.25, 0.3) is 0 Å². The Morgan fingerprint density at radius 3 is 2.69 bits per heavy atom. The second-order valence-electron chi connectivity index (χ2n) is 6.85. The minimum atomic E-state index is -0.499. The van der Waals surface area contributed by atoms with Crippen molar-refractivity contribution in [3.63, 3.8) is 0 Å². The van der Waals surface area contributed by atoms with Crippen molar-refractivity contribution in [1.29, 1.82) is 0 Å². The molecule has 0 saturated heterocycles. The molecule has 1 N–H and O–H groups in total. The number of hydrogen-bond donors (Lipinski definition) is 1. The number of allylic oxidation sites excluding steroid dienone is 2. The third-order valence-corrected chi connectivity index (χ3v) is 5.08. The van der Waals surface area contributed by atoms with Gasteiger partial charge in [0.05, 0.1) is 5.60 Å². The molecule has 0 unspecified atom stereocenters. The van der Waals surface area contributed by atoms with E-state index in [1.54, 1.807) is 5.57 Å². The molecule has 0 spiro atoms. The van der Waals surface area contributed by atoms with Crippen LogP contribution in [0.2, 0.25) is 0 Å². The molecule has 2 aliphatic rings. The third kappa shape index (κ3) is 2.07. The fourth-order valence-corrected chi connectivity index (χ4v) is 3.90. The lowest BCUT2D eigenvalue weighted by Gasteiger charge is -2.37. The lowest BCUT2D eigenvalue weighted by molar-refractivity contribution is -0.0155. The molecule has 2 rings (SSSR count). The van der Waals surface area contributed by atoms with Crippen molar-refractivity contribution >= 4 is 0 Å². The SMILES string of the molecule is CC1=CC[C@@]2(C)CC[C@H](C(C)(C)O)[C@@H]2CC1. The molecule has 1 nitrogen and oxygen atoms in total. The van der Waals surface area contributed by atoms with Crippen molar-refractivity contribution in [2.75, 3.05) is 0 Å². The average molecular weight is 222 g/mol. The monoisotopic (exact) mass is 222 g/mol. The highest BCUT2D eigenvalue weighted by atomic mass is 16.3. The van der Waals surface area contributed by atoms with E-state index in [-0.39, 0.29) is 0 Å². The second-order valence-corrected chi connectivity index (χ2v) is 6.85. The summed E-state index contributed by atoms with van der Waals surface area (Å²) >= 11 is 0. The van der Waals surface area contributed by atoms with E-state index in [1.807, 2.05) is 13.8 Å². The molecule has 0 aromatic rings. The standard InChI is InChI=1S/C15H26O/c1-11-5-6-13-12(14(2,3)16)8-10-15(13,4)9-7-11/h7,12-13,16H,5-6,8-10H2,1-4H3/t12-,13-,15-/m0/s1. The molecule has 3 atom stereocenters. The maximum atomic E-state index is 10.3. The van der Waals surface area contributed by atoms with E-state index in [2.05, 4.69) is 19.9 Å². The van der Waals surface area contributed by atoms with E-state index in [0.29, 0.717) is 17.3 Å². The zero-order valence-corrected chi connectivity index (χ0v) is 11.2. The van der Waals surface area contributed by atoms with E-state index in [0.717, 1.165) is 0 Å². The van der Waals surface area contributed by atoms with Gasteiger partial charge >= 0.3 is 0 Å². The van der Waals surface area contributed by atoms with Gasteiger partial charge < -0.3 is 5.11 Å². The predicted octanol–water partition coefficient (Wildman–Crippen LogP) is 3.92. The number of aliphatic hydroxyl groups is 1. The molecule has 1 saturated carbocycles. The van der Waals surface area contributed by atoms with Gasteiger partial charge in [0.15, 0.2) is 0 Å². The van der Waals surface area contributed by atoms with Crippen LogP contribution in [-0.2, 0) is 0 Å². The minimum absolute atomic E-state index is 0.447. The predicted molar refractivity (Wildman–Crippen MR) is 68.2 cm³/mol. The summed E-state index contributed by atoms with van der Waals surface area (Å²) in [7, 11) is 0. The first kappa shape index (κ1) is 12.2. The minimum Gasteiger partial charge on any atom is -0.390 e. The molecule has 0 amide bonds. The van der Waals surface area contributed by atoms with Crippen molar-refractivity contribution in [2.24, 2.45) is 17.3 Å². The summed E-state index contributed by atoms with van der Waals surface area (Å²) in [5, 5.41) is 10.3. The Morgan fingerprint density at radius 1 is 1.38 bits per heavy atom. The van der Waals surface area contributed by atoms with Crippen LogP contribution in [0, 0.1) is 17.3 Å². The van der Waals surface area contributed by atoms with E-state index < -0.39 is 5.60 Å². The lowest BCUT2D eigenvalue weighted by Crippen LogP contribution is -2.37. The molecule has 0 aliphatic heterocycles. The fourth-order valence-electron chi connectivity index (χ4n) is 3.90. The van der Waals surface area contributed by atoms with Crippen LogP contribution in [0.1, 0.15) is 59.8 Å². The van der Waals surface area contributed by atoms with Crippen LogP contribution < -0.4 is 0 Å². The van der Waals surface area contributed by atoms with Gasteiger partial charge in [-0.05, 0) is 70.1 Å². The first-order valence-corrected chi connectivity index (χ1v) is 6.71. The Bertz CT molecular complexity index is 297. The summed E-state index contributed by atoms with van der Waals surface area (Å²) in [5.74, 6) is 1.21. The Kier molecular flexibility index (Phi) is 2.94. The molecular formula is C15H26O. The normalized spacial score (nSPS) is 40.2. The molecule has 1 fully saturated rings. The molecule has 16 heavy (non-hydrogen) atoms. The van der Waals surface area contributed by atoms with Crippen LogP contribution >= 0.6 is 0 Å². The topological polar surface area (TPSA) is 20.2 Å². The van der Waals surface area contributed by atoms with Crippen LogP contribution in [0.15, 0.2) is 11.6 Å². The van der Waals surface area contributed by atoms with Crippen molar-refractivity contribution in [3.05, 3.63) is 11.6 Å². The van der Waals surface area contributed by atoms with Crippen molar-refractivity contribution in [3.8, 4) is 0 Å². The van der Waals surface area contributed by atoms with Gasteiger partial charge in [0.2, 0.25) is 0 Å². The fraction of sp³-hybridized carbons (Fsp3) is 0.867. The smallest absolute Gasteiger partial charge is 0.0622 e. The lowest BCUT2D eigenvalue weighted by atomic mass is 9.70. The highest BCUT2D eigenvalue weighted by Crippen LogP contribution is 2.55. The molecule has 92 valence electrons. The Hall–Kier alpha value is -0.300. The highest BCUT2D eigenvalue weighted by Gasteiger charge is 2.49. The number of hydrogen-bond acceptors (Lipinski definition) is 1. The molecule has 0 aromatic carbocycles. The summed E-state index contributed by atoms with van der Waals surface area (Å²) in [5.41, 5.74) is 1.49. The second kappa shape index (κ2) is 3.87. The summed E-state index contributed by atoms with van der Waals surface area (Å²) in [6.07, 6.45) is 8.65. The Balaban J connectivity index is 2.22. The molecular weight excluding hydrogens is 196 g/mol. The number of rotatable bonds is 1. The van der Waals surface area contributed by atoms with Crippen LogP contribution in [0.3, 0.4) is 0 Å². The Morgan fingerprint density at radius 2 is 2.06 bits per heavy atom. The van der Waals surface area contributed by atoms with Gasteiger partial charge in [0, 0.05) is 0 Å². The average Bonchev–Trinajstić information content (AvgIpc) is 2.43. The van der Waals surface area contributed by atoms with Crippen molar-refractivity contribution < 1.29 is 5.11 Å². The van der Waals surface area contributed by atoms with Gasteiger partial charge in [-0.1, -0.05) is 18.6 Å². The van der Waals surface area contributed by atoms with Gasteiger partial charge in [-0.15, -0.1) is 0 Å². The largest absolute Gasteiger partial charge is 0.390 e. The van der Waals surface area contributed by atoms with E-state index in [4.69, 9.17) is 0 Å². The van der Waals surface area contributed by atoms with Crippen molar-refractivity contribution in [1.82, 2.24) is 0 Å². The molecule has 1 heteroatoms. The zero-order valence-electron chi connectivity index (χ0n) is 11.2. The maximum absolute atomic E-state index is 10.3. The molecule has 0 aromatic heterocycles. The van der Waals surface area contributed by atoms with Gasteiger partial charge in [-0.2, -0.15) is 0 Å². The van der Waals surface area contributed by atoms with Crippen LogP contribution in [0.4, 0.5) is 0 Å². The van der Waals surface area contributed by atoms with Crippen LogP contribution in [-0.4, -0.2) is 10.7 Å². The maximum Gasteiger partial charge on any atom is 0.0622 e. The zero-order chi connectivity index (χ0) is 12.0. The summed E-state index contributed by atoms with van der Waals surface area (Å²) in [6.45, 7) is 8.67. The molecule has 2 aliphatic carbocycles. The van der Waals surface area contributed by atoms with Gasteiger partial charge in [-0.3, -0.25) is 0 Å². The van der Waals surface area contributed by atoms with Gasteiger partial charge in [0.1, 0.15) is 0 Å². The highest BCUT2D eigenvalue weighted by molar-refractivity contribution is 5.10. The van der Waals surface area contributed by atoms with Crippen LogP contribution in [0.25, 0.3) is 0 Å². The van der Waals surface area contributed by atoms with E-state index in [1.165, 1.54) is 32.1 Å². The molecule has 0 radical (unpaired) electrons. The van der Waals surface area contributed by atoms with E-state index >= 15 is 0 Å². The quantitative estimate of drug-likeness (QED) is 0.667. The Labute approximate surface area is 99.9 Å². The first-order valence-electron chi connectivity index (χ1n) is 6.71. The third-order valence-electron chi connectivity index (χ3n) is 5.08.